The Morgan fingerprint density at radius 3 is 2.61 bits per heavy atom. The Labute approximate surface area is 185 Å². The van der Waals surface area contributed by atoms with Crippen molar-refractivity contribution in [2.24, 2.45) is 0 Å². The number of hydrogen-bond donors (Lipinski definition) is 1. The van der Waals surface area contributed by atoms with E-state index in [0.29, 0.717) is 10.2 Å². The van der Waals surface area contributed by atoms with E-state index in [-0.39, 0.29) is 18.0 Å². The first-order chi connectivity index (χ1) is 14.8. The van der Waals surface area contributed by atoms with E-state index in [1.54, 1.807) is 0 Å². The fraction of sp³-hybridized carbons (Fsp3) is 0.240. The van der Waals surface area contributed by atoms with Gasteiger partial charge in [-0.15, -0.1) is 11.3 Å². The number of benzene rings is 2. The predicted octanol–water partition coefficient (Wildman–Crippen LogP) is 5.31. The van der Waals surface area contributed by atoms with Crippen molar-refractivity contribution in [3.05, 3.63) is 80.2 Å². The van der Waals surface area contributed by atoms with Gasteiger partial charge in [0.25, 0.3) is 5.56 Å². The molecule has 4 rings (SSSR count). The fourth-order valence-electron chi connectivity index (χ4n) is 3.81. The van der Waals surface area contributed by atoms with Crippen LogP contribution in [0.4, 0.5) is 5.69 Å². The van der Waals surface area contributed by atoms with Crippen LogP contribution in [-0.4, -0.2) is 15.5 Å². The second-order valence-electron chi connectivity index (χ2n) is 8.01. The molecule has 31 heavy (non-hydrogen) atoms. The highest BCUT2D eigenvalue weighted by Gasteiger charge is 2.19. The van der Waals surface area contributed by atoms with Gasteiger partial charge in [-0.3, -0.25) is 14.2 Å². The topological polar surface area (TPSA) is 64.0 Å². The van der Waals surface area contributed by atoms with Gasteiger partial charge in [-0.25, -0.2) is 4.98 Å². The van der Waals surface area contributed by atoms with Crippen molar-refractivity contribution in [1.82, 2.24) is 9.55 Å². The van der Waals surface area contributed by atoms with Crippen LogP contribution >= 0.6 is 11.3 Å². The predicted molar refractivity (Wildman–Crippen MR) is 128 cm³/mol. The maximum Gasteiger partial charge on any atom is 0.263 e. The van der Waals surface area contributed by atoms with Gasteiger partial charge >= 0.3 is 0 Å². The molecule has 0 aliphatic rings. The van der Waals surface area contributed by atoms with Crippen LogP contribution in [0.3, 0.4) is 0 Å². The minimum atomic E-state index is -0.253. The lowest BCUT2D eigenvalue weighted by Gasteiger charge is -2.12. The highest BCUT2D eigenvalue weighted by Crippen LogP contribution is 2.37. The van der Waals surface area contributed by atoms with E-state index in [9.17, 15) is 9.59 Å². The van der Waals surface area contributed by atoms with Gasteiger partial charge in [0.15, 0.2) is 0 Å². The SMILES string of the molecule is Cc1ccc(C)c(-c2c(C)sc3ncn(CC(=O)Nc4cccc(C)c4C)c(=O)c23)c1. The summed E-state index contributed by atoms with van der Waals surface area (Å²) in [6.45, 7) is 9.98. The number of anilines is 1. The van der Waals surface area contributed by atoms with Gasteiger partial charge in [-0.2, -0.15) is 0 Å². The van der Waals surface area contributed by atoms with Gasteiger partial charge < -0.3 is 5.32 Å². The molecule has 0 unspecified atom stereocenters. The van der Waals surface area contributed by atoms with Gasteiger partial charge in [0.05, 0.1) is 11.7 Å². The number of nitrogens with zero attached hydrogens (tertiary/aromatic N) is 2. The Morgan fingerprint density at radius 1 is 1.06 bits per heavy atom. The summed E-state index contributed by atoms with van der Waals surface area (Å²) >= 11 is 1.51. The molecule has 0 aliphatic carbocycles. The zero-order chi connectivity index (χ0) is 22.3. The maximum absolute atomic E-state index is 13.4. The van der Waals surface area contributed by atoms with Crippen molar-refractivity contribution in [3.63, 3.8) is 0 Å². The molecule has 5 nitrogen and oxygen atoms in total. The Kier molecular flexibility index (Phi) is 5.50. The number of carbonyl (C=O) groups excluding carboxylic acids is 1. The standard InChI is InChI=1S/C25H25N3O2S/c1-14-9-10-16(3)19(11-14)22-18(5)31-24-23(22)25(30)28(13-26-24)12-21(29)27-20-8-6-7-15(2)17(20)4/h6-11,13H,12H2,1-5H3,(H,27,29). The van der Waals surface area contributed by atoms with E-state index in [0.717, 1.165) is 43.9 Å². The van der Waals surface area contributed by atoms with Crippen LogP contribution in [0, 0.1) is 34.6 Å². The third kappa shape index (κ3) is 3.91. The molecule has 0 radical (unpaired) electrons. The summed E-state index contributed by atoms with van der Waals surface area (Å²) in [5.74, 6) is -0.253. The maximum atomic E-state index is 13.4. The summed E-state index contributed by atoms with van der Waals surface area (Å²) in [6, 6.07) is 12.0. The molecular weight excluding hydrogens is 406 g/mol. The summed E-state index contributed by atoms with van der Waals surface area (Å²) in [6.07, 6.45) is 1.47. The van der Waals surface area contributed by atoms with E-state index in [2.05, 4.69) is 28.5 Å². The number of aryl methyl sites for hydroxylation is 4. The molecule has 2 aromatic carbocycles. The molecule has 0 fully saturated rings. The average molecular weight is 432 g/mol. The molecule has 0 spiro atoms. The van der Waals surface area contributed by atoms with E-state index >= 15 is 0 Å². The molecule has 4 aromatic rings. The van der Waals surface area contributed by atoms with Gasteiger partial charge in [0.1, 0.15) is 11.4 Å². The first-order valence-electron chi connectivity index (χ1n) is 10.2. The lowest BCUT2D eigenvalue weighted by molar-refractivity contribution is -0.116. The molecule has 0 saturated carbocycles. The minimum absolute atomic E-state index is 0.0870. The third-order valence-electron chi connectivity index (χ3n) is 5.71. The fourth-order valence-corrected chi connectivity index (χ4v) is 4.81. The monoisotopic (exact) mass is 431 g/mol. The normalized spacial score (nSPS) is 11.1. The Morgan fingerprint density at radius 2 is 1.84 bits per heavy atom. The molecule has 6 heteroatoms. The molecule has 1 N–H and O–H groups in total. The summed E-state index contributed by atoms with van der Waals surface area (Å²) < 4.78 is 1.39. The van der Waals surface area contributed by atoms with Crippen molar-refractivity contribution in [1.29, 1.82) is 0 Å². The quantitative estimate of drug-likeness (QED) is 0.476. The Balaban J connectivity index is 1.74. The van der Waals surface area contributed by atoms with Crippen LogP contribution in [0.5, 0.6) is 0 Å². The first kappa shape index (κ1) is 21.0. The van der Waals surface area contributed by atoms with E-state index in [1.165, 1.54) is 22.2 Å². The molecule has 0 aliphatic heterocycles. The largest absolute Gasteiger partial charge is 0.324 e. The summed E-state index contributed by atoms with van der Waals surface area (Å²) in [4.78, 5) is 32.3. The number of hydrogen-bond acceptors (Lipinski definition) is 4. The van der Waals surface area contributed by atoms with Crippen molar-refractivity contribution < 1.29 is 4.79 Å². The second-order valence-corrected chi connectivity index (χ2v) is 9.21. The minimum Gasteiger partial charge on any atom is -0.324 e. The number of rotatable bonds is 4. The number of fused-ring (bicyclic) bond motifs is 1. The summed E-state index contributed by atoms with van der Waals surface area (Å²) in [7, 11) is 0. The van der Waals surface area contributed by atoms with E-state index < -0.39 is 0 Å². The molecule has 2 aromatic heterocycles. The van der Waals surface area contributed by atoms with E-state index in [4.69, 9.17) is 0 Å². The lowest BCUT2D eigenvalue weighted by Crippen LogP contribution is -2.28. The number of amides is 1. The smallest absolute Gasteiger partial charge is 0.263 e. The summed E-state index contributed by atoms with van der Waals surface area (Å²) in [5.41, 5.74) is 6.89. The van der Waals surface area contributed by atoms with E-state index in [1.807, 2.05) is 52.8 Å². The second kappa shape index (κ2) is 8.12. The number of carbonyl (C=O) groups is 1. The third-order valence-corrected chi connectivity index (χ3v) is 6.72. The molecule has 0 atom stereocenters. The van der Waals surface area contributed by atoms with Crippen LogP contribution in [0.2, 0.25) is 0 Å². The van der Waals surface area contributed by atoms with Crippen molar-refractivity contribution in [2.75, 3.05) is 5.32 Å². The molecular formula is C25H25N3O2S. The van der Waals surface area contributed by atoms with Crippen molar-refractivity contribution in [3.8, 4) is 11.1 Å². The highest BCUT2D eigenvalue weighted by atomic mass is 32.1. The Bertz CT molecular complexity index is 1380. The molecule has 0 bridgehead atoms. The number of thiophene rings is 1. The highest BCUT2D eigenvalue weighted by molar-refractivity contribution is 7.19. The van der Waals surface area contributed by atoms with Crippen molar-refractivity contribution in [2.45, 2.75) is 41.2 Å². The van der Waals surface area contributed by atoms with Crippen LogP contribution in [-0.2, 0) is 11.3 Å². The summed E-state index contributed by atoms with van der Waals surface area (Å²) in [5, 5.41) is 3.50. The van der Waals surface area contributed by atoms with Crippen molar-refractivity contribution >= 4 is 33.1 Å². The molecule has 0 saturated heterocycles. The van der Waals surface area contributed by atoms with Crippen LogP contribution in [0.15, 0.2) is 47.5 Å². The van der Waals surface area contributed by atoms with Gasteiger partial charge in [0, 0.05) is 16.1 Å². The zero-order valence-electron chi connectivity index (χ0n) is 18.4. The Hall–Kier alpha value is -3.25. The van der Waals surface area contributed by atoms with Gasteiger partial charge in [-0.1, -0.05) is 35.9 Å². The molecule has 2 heterocycles. The van der Waals surface area contributed by atoms with Gasteiger partial charge in [-0.05, 0) is 62.9 Å². The van der Waals surface area contributed by atoms with Crippen LogP contribution < -0.4 is 10.9 Å². The zero-order valence-corrected chi connectivity index (χ0v) is 19.2. The van der Waals surface area contributed by atoms with Crippen LogP contribution in [0.25, 0.3) is 21.3 Å². The first-order valence-corrected chi connectivity index (χ1v) is 11.0. The number of aromatic nitrogens is 2. The van der Waals surface area contributed by atoms with Crippen LogP contribution in [0.1, 0.15) is 27.1 Å². The van der Waals surface area contributed by atoms with Gasteiger partial charge in [0.2, 0.25) is 5.91 Å². The number of nitrogens with one attached hydrogen (secondary N) is 1. The average Bonchev–Trinajstić information content (AvgIpc) is 3.06. The molecule has 158 valence electrons. The lowest BCUT2D eigenvalue weighted by atomic mass is 9.97. The molecule has 1 amide bonds.